The SMILES string of the molecule is CCCCn1c(C)cc(C(N)c2ccccc2)c1-c1ccccc1. The van der Waals surface area contributed by atoms with E-state index in [1.807, 2.05) is 6.07 Å². The zero-order valence-electron chi connectivity index (χ0n) is 14.6. The lowest BCUT2D eigenvalue weighted by atomic mass is 9.96. The van der Waals surface area contributed by atoms with Crippen molar-refractivity contribution >= 4 is 0 Å². The largest absolute Gasteiger partial charge is 0.345 e. The Bertz CT molecular complexity index is 772. The quantitative estimate of drug-likeness (QED) is 0.656. The van der Waals surface area contributed by atoms with Gasteiger partial charge in [0.2, 0.25) is 0 Å². The number of hydrogen-bond donors (Lipinski definition) is 1. The maximum absolute atomic E-state index is 6.65. The molecule has 0 aliphatic rings. The molecule has 0 aliphatic heterocycles. The molecule has 3 aromatic rings. The fourth-order valence-electron chi connectivity index (χ4n) is 3.30. The summed E-state index contributed by atoms with van der Waals surface area (Å²) in [6.07, 6.45) is 2.36. The van der Waals surface area contributed by atoms with Crippen molar-refractivity contribution in [1.29, 1.82) is 0 Å². The molecule has 2 heteroatoms. The molecular formula is C22H26N2. The van der Waals surface area contributed by atoms with Crippen LogP contribution in [-0.4, -0.2) is 4.57 Å². The molecule has 0 fully saturated rings. The maximum Gasteiger partial charge on any atom is 0.0573 e. The third-order valence-corrected chi connectivity index (χ3v) is 4.61. The Kier molecular flexibility index (Phi) is 5.17. The van der Waals surface area contributed by atoms with E-state index >= 15 is 0 Å². The highest BCUT2D eigenvalue weighted by Gasteiger charge is 2.20. The van der Waals surface area contributed by atoms with Gasteiger partial charge in [-0.1, -0.05) is 74.0 Å². The van der Waals surface area contributed by atoms with Crippen LogP contribution < -0.4 is 5.73 Å². The van der Waals surface area contributed by atoms with Gasteiger partial charge in [0, 0.05) is 12.2 Å². The van der Waals surface area contributed by atoms with E-state index in [1.54, 1.807) is 0 Å². The Morgan fingerprint density at radius 3 is 2.21 bits per heavy atom. The molecule has 1 heterocycles. The zero-order valence-corrected chi connectivity index (χ0v) is 14.6. The van der Waals surface area contributed by atoms with Crippen molar-refractivity contribution in [2.24, 2.45) is 5.73 Å². The molecule has 0 spiro atoms. The summed E-state index contributed by atoms with van der Waals surface area (Å²) >= 11 is 0. The molecule has 124 valence electrons. The Balaban J connectivity index is 2.12. The monoisotopic (exact) mass is 318 g/mol. The van der Waals surface area contributed by atoms with Crippen molar-refractivity contribution < 1.29 is 0 Å². The van der Waals surface area contributed by atoms with Crippen LogP contribution in [0.5, 0.6) is 0 Å². The fourth-order valence-corrected chi connectivity index (χ4v) is 3.30. The molecule has 0 radical (unpaired) electrons. The first kappa shape index (κ1) is 16.5. The molecule has 2 nitrogen and oxygen atoms in total. The van der Waals surface area contributed by atoms with Gasteiger partial charge in [-0.15, -0.1) is 0 Å². The Morgan fingerprint density at radius 1 is 0.958 bits per heavy atom. The van der Waals surface area contributed by atoms with Gasteiger partial charge >= 0.3 is 0 Å². The second-order valence-electron chi connectivity index (χ2n) is 6.35. The zero-order chi connectivity index (χ0) is 16.9. The average molecular weight is 318 g/mol. The van der Waals surface area contributed by atoms with Gasteiger partial charge in [-0.05, 0) is 36.1 Å². The van der Waals surface area contributed by atoms with E-state index in [-0.39, 0.29) is 6.04 Å². The average Bonchev–Trinajstić information content (AvgIpc) is 2.97. The minimum atomic E-state index is -0.108. The summed E-state index contributed by atoms with van der Waals surface area (Å²) in [7, 11) is 0. The summed E-state index contributed by atoms with van der Waals surface area (Å²) in [6.45, 7) is 5.45. The number of aromatic nitrogens is 1. The van der Waals surface area contributed by atoms with Gasteiger partial charge in [-0.25, -0.2) is 0 Å². The second kappa shape index (κ2) is 7.50. The number of aryl methyl sites for hydroxylation is 1. The van der Waals surface area contributed by atoms with Crippen LogP contribution in [0, 0.1) is 6.92 Å². The number of nitrogens with zero attached hydrogens (tertiary/aromatic N) is 1. The molecular weight excluding hydrogens is 292 g/mol. The normalized spacial score (nSPS) is 12.3. The van der Waals surface area contributed by atoms with Crippen molar-refractivity contribution in [3.63, 3.8) is 0 Å². The van der Waals surface area contributed by atoms with Gasteiger partial charge in [0.15, 0.2) is 0 Å². The van der Waals surface area contributed by atoms with Gasteiger partial charge in [0.25, 0.3) is 0 Å². The van der Waals surface area contributed by atoms with Crippen molar-refractivity contribution in [3.05, 3.63) is 83.6 Å². The van der Waals surface area contributed by atoms with Gasteiger partial charge < -0.3 is 10.3 Å². The second-order valence-corrected chi connectivity index (χ2v) is 6.35. The van der Waals surface area contributed by atoms with Gasteiger partial charge in [0.05, 0.1) is 11.7 Å². The van der Waals surface area contributed by atoms with E-state index in [0.717, 1.165) is 12.1 Å². The number of hydrogen-bond acceptors (Lipinski definition) is 1. The van der Waals surface area contributed by atoms with Crippen molar-refractivity contribution in [2.45, 2.75) is 39.3 Å². The molecule has 2 aromatic carbocycles. The summed E-state index contributed by atoms with van der Waals surface area (Å²) in [5.74, 6) is 0. The number of unbranched alkanes of at least 4 members (excludes halogenated alkanes) is 1. The number of rotatable bonds is 6. The highest BCUT2D eigenvalue weighted by molar-refractivity contribution is 5.67. The smallest absolute Gasteiger partial charge is 0.0573 e. The van der Waals surface area contributed by atoms with Gasteiger partial charge in [-0.2, -0.15) is 0 Å². The van der Waals surface area contributed by atoms with Crippen LogP contribution >= 0.6 is 0 Å². The molecule has 0 aliphatic carbocycles. The third kappa shape index (κ3) is 3.29. The molecule has 0 amide bonds. The van der Waals surface area contributed by atoms with E-state index < -0.39 is 0 Å². The highest BCUT2D eigenvalue weighted by atomic mass is 15.0. The molecule has 24 heavy (non-hydrogen) atoms. The summed E-state index contributed by atoms with van der Waals surface area (Å²) in [6, 6.07) is 23.1. The van der Waals surface area contributed by atoms with Crippen LogP contribution in [0.25, 0.3) is 11.3 Å². The van der Waals surface area contributed by atoms with Crippen molar-refractivity contribution in [3.8, 4) is 11.3 Å². The molecule has 0 saturated carbocycles. The highest BCUT2D eigenvalue weighted by Crippen LogP contribution is 2.34. The molecule has 2 N–H and O–H groups in total. The first-order chi connectivity index (χ1) is 11.7. The molecule has 1 aromatic heterocycles. The molecule has 0 bridgehead atoms. The minimum absolute atomic E-state index is 0.108. The Labute approximate surface area is 144 Å². The lowest BCUT2D eigenvalue weighted by Crippen LogP contribution is -2.13. The standard InChI is InChI=1S/C22H26N2/c1-3-4-15-24-17(2)16-20(21(23)18-11-7-5-8-12-18)22(24)19-13-9-6-10-14-19/h5-14,16,21H,3-4,15,23H2,1-2H3. The summed E-state index contributed by atoms with van der Waals surface area (Å²) in [4.78, 5) is 0. The van der Waals surface area contributed by atoms with Crippen LogP contribution in [-0.2, 0) is 6.54 Å². The predicted octanol–water partition coefficient (Wildman–Crippen LogP) is 5.31. The van der Waals surface area contributed by atoms with Crippen LogP contribution in [0.3, 0.4) is 0 Å². The maximum atomic E-state index is 6.65. The molecule has 1 unspecified atom stereocenters. The fraction of sp³-hybridized carbons (Fsp3) is 0.273. The Hall–Kier alpha value is -2.32. The number of nitrogens with two attached hydrogens (primary N) is 1. The number of benzene rings is 2. The molecule has 1 atom stereocenters. The van der Waals surface area contributed by atoms with Crippen LogP contribution in [0.15, 0.2) is 66.7 Å². The molecule has 3 rings (SSSR count). The minimum Gasteiger partial charge on any atom is -0.345 e. The summed E-state index contributed by atoms with van der Waals surface area (Å²) in [5, 5.41) is 0. The lowest BCUT2D eigenvalue weighted by Gasteiger charge is -2.17. The van der Waals surface area contributed by atoms with E-state index in [0.29, 0.717) is 0 Å². The van der Waals surface area contributed by atoms with Crippen LogP contribution in [0.2, 0.25) is 0 Å². The summed E-state index contributed by atoms with van der Waals surface area (Å²) in [5.41, 5.74) is 12.8. The van der Waals surface area contributed by atoms with E-state index in [1.165, 1.54) is 35.4 Å². The topological polar surface area (TPSA) is 30.9 Å². The van der Waals surface area contributed by atoms with E-state index in [2.05, 4.69) is 79.1 Å². The van der Waals surface area contributed by atoms with Crippen LogP contribution in [0.4, 0.5) is 0 Å². The van der Waals surface area contributed by atoms with Gasteiger partial charge in [0.1, 0.15) is 0 Å². The van der Waals surface area contributed by atoms with E-state index in [4.69, 9.17) is 5.73 Å². The molecule has 0 saturated heterocycles. The van der Waals surface area contributed by atoms with Gasteiger partial charge in [-0.3, -0.25) is 0 Å². The van der Waals surface area contributed by atoms with Crippen LogP contribution in [0.1, 0.15) is 42.6 Å². The third-order valence-electron chi connectivity index (χ3n) is 4.61. The van der Waals surface area contributed by atoms with Crippen molar-refractivity contribution in [1.82, 2.24) is 4.57 Å². The first-order valence-electron chi connectivity index (χ1n) is 8.78. The van der Waals surface area contributed by atoms with Crippen molar-refractivity contribution in [2.75, 3.05) is 0 Å². The predicted molar refractivity (Wildman–Crippen MR) is 102 cm³/mol. The van der Waals surface area contributed by atoms with E-state index in [9.17, 15) is 0 Å². The Morgan fingerprint density at radius 2 is 1.58 bits per heavy atom. The lowest BCUT2D eigenvalue weighted by molar-refractivity contribution is 0.625. The summed E-state index contributed by atoms with van der Waals surface area (Å²) < 4.78 is 2.43. The first-order valence-corrected chi connectivity index (χ1v) is 8.78.